The number of ether oxygens (including phenoxy) is 1. The summed E-state index contributed by atoms with van der Waals surface area (Å²) in [7, 11) is 0. The predicted molar refractivity (Wildman–Crippen MR) is 67.8 cm³/mol. The fraction of sp³-hybridized carbons (Fsp3) is 0.538. The average Bonchev–Trinajstić information content (AvgIpc) is 2.75. The second-order valence-corrected chi connectivity index (χ2v) is 4.64. The Morgan fingerprint density at radius 2 is 2.28 bits per heavy atom. The maximum absolute atomic E-state index is 11.4. The Balaban J connectivity index is 2.53. The smallest absolute Gasteiger partial charge is 0.339 e. The summed E-state index contributed by atoms with van der Waals surface area (Å²) in [5.74, 6) is -0.393. The van der Waals surface area contributed by atoms with Gasteiger partial charge in [-0.1, -0.05) is 0 Å². The number of carboxylic acid groups (broad SMARTS) is 1. The van der Waals surface area contributed by atoms with Crippen LogP contribution >= 0.6 is 0 Å². The van der Waals surface area contributed by atoms with E-state index in [4.69, 9.17) is 4.74 Å². The van der Waals surface area contributed by atoms with Crippen molar-refractivity contribution in [2.75, 3.05) is 11.4 Å². The number of aromatic nitrogens is 1. The molecule has 5 heteroatoms. The summed E-state index contributed by atoms with van der Waals surface area (Å²) in [6, 6.07) is 1.90. The first-order chi connectivity index (χ1) is 8.54. The molecule has 1 N–H and O–H groups in total. The summed E-state index contributed by atoms with van der Waals surface area (Å²) in [6.45, 7) is 7.71. The standard InChI is InChI=1S/C13H18N2O3/c1-4-15(8(2)3)12-10(13(16)17)5-9-6-18-7-11(9)14-12/h5,8H,4,6-7H2,1-3H3,(H,16,17). The zero-order valence-corrected chi connectivity index (χ0v) is 10.9. The van der Waals surface area contributed by atoms with Crippen molar-refractivity contribution in [2.24, 2.45) is 0 Å². The Bertz CT molecular complexity index is 472. The first-order valence-electron chi connectivity index (χ1n) is 6.15. The molecule has 5 nitrogen and oxygen atoms in total. The van der Waals surface area contributed by atoms with Gasteiger partial charge in [-0.2, -0.15) is 0 Å². The number of hydrogen-bond acceptors (Lipinski definition) is 4. The molecule has 2 rings (SSSR count). The Kier molecular flexibility index (Phi) is 3.52. The molecule has 0 saturated carbocycles. The van der Waals surface area contributed by atoms with Gasteiger partial charge < -0.3 is 14.7 Å². The zero-order valence-electron chi connectivity index (χ0n) is 10.9. The van der Waals surface area contributed by atoms with Gasteiger partial charge in [0.1, 0.15) is 11.4 Å². The van der Waals surface area contributed by atoms with Crippen molar-refractivity contribution in [3.8, 4) is 0 Å². The molecule has 1 aromatic heterocycles. The first kappa shape index (κ1) is 12.8. The van der Waals surface area contributed by atoms with Crippen LogP contribution in [0.5, 0.6) is 0 Å². The minimum Gasteiger partial charge on any atom is -0.478 e. The Morgan fingerprint density at radius 3 is 2.83 bits per heavy atom. The highest BCUT2D eigenvalue weighted by Crippen LogP contribution is 2.27. The van der Waals surface area contributed by atoms with Crippen LogP contribution in [0.4, 0.5) is 5.82 Å². The Morgan fingerprint density at radius 1 is 1.56 bits per heavy atom. The lowest BCUT2D eigenvalue weighted by molar-refractivity contribution is 0.0697. The second-order valence-electron chi connectivity index (χ2n) is 4.64. The number of hydrogen-bond donors (Lipinski definition) is 1. The highest BCUT2D eigenvalue weighted by molar-refractivity contribution is 5.93. The largest absolute Gasteiger partial charge is 0.478 e. The van der Waals surface area contributed by atoms with Gasteiger partial charge in [0.2, 0.25) is 0 Å². The van der Waals surface area contributed by atoms with Gasteiger partial charge in [0, 0.05) is 18.2 Å². The van der Waals surface area contributed by atoms with Crippen molar-refractivity contribution in [1.82, 2.24) is 4.98 Å². The number of fused-ring (bicyclic) bond motifs is 1. The quantitative estimate of drug-likeness (QED) is 0.886. The minimum absolute atomic E-state index is 0.209. The third kappa shape index (κ3) is 2.18. The molecule has 0 atom stereocenters. The number of carboxylic acids is 1. The van der Waals surface area contributed by atoms with Crippen LogP contribution in [0.15, 0.2) is 6.07 Å². The summed E-state index contributed by atoms with van der Waals surface area (Å²) in [5, 5.41) is 9.32. The van der Waals surface area contributed by atoms with Crippen LogP contribution in [-0.2, 0) is 18.0 Å². The van der Waals surface area contributed by atoms with Crippen LogP contribution in [0, 0.1) is 0 Å². The lowest BCUT2D eigenvalue weighted by Gasteiger charge is -2.28. The number of aromatic carboxylic acids is 1. The van der Waals surface area contributed by atoms with Gasteiger partial charge in [-0.25, -0.2) is 9.78 Å². The predicted octanol–water partition coefficient (Wildman–Crippen LogP) is 2.04. The van der Waals surface area contributed by atoms with Crippen molar-refractivity contribution in [1.29, 1.82) is 0 Å². The first-order valence-corrected chi connectivity index (χ1v) is 6.15. The van der Waals surface area contributed by atoms with E-state index in [-0.39, 0.29) is 11.6 Å². The van der Waals surface area contributed by atoms with Crippen LogP contribution in [0.3, 0.4) is 0 Å². The van der Waals surface area contributed by atoms with Crippen LogP contribution < -0.4 is 4.90 Å². The van der Waals surface area contributed by atoms with E-state index in [1.165, 1.54) is 0 Å². The van der Waals surface area contributed by atoms with E-state index in [0.29, 0.717) is 19.0 Å². The molecule has 1 aliphatic rings. The molecule has 0 aromatic carbocycles. The molecule has 0 radical (unpaired) electrons. The molecule has 2 heterocycles. The van der Waals surface area contributed by atoms with Crippen molar-refractivity contribution < 1.29 is 14.6 Å². The summed E-state index contributed by atoms with van der Waals surface area (Å²) in [4.78, 5) is 17.8. The van der Waals surface area contributed by atoms with Gasteiger partial charge in [-0.05, 0) is 26.8 Å². The number of nitrogens with zero attached hydrogens (tertiary/aromatic N) is 2. The fourth-order valence-corrected chi connectivity index (χ4v) is 2.23. The van der Waals surface area contributed by atoms with Gasteiger partial charge in [0.15, 0.2) is 0 Å². The van der Waals surface area contributed by atoms with E-state index in [9.17, 15) is 9.90 Å². The van der Waals surface area contributed by atoms with Crippen LogP contribution in [0.25, 0.3) is 0 Å². The lowest BCUT2D eigenvalue weighted by atomic mass is 10.1. The molecule has 98 valence electrons. The molecule has 0 bridgehead atoms. The van der Waals surface area contributed by atoms with Crippen molar-refractivity contribution in [3.63, 3.8) is 0 Å². The molecular formula is C13H18N2O3. The summed E-state index contributed by atoms with van der Waals surface area (Å²) < 4.78 is 5.30. The topological polar surface area (TPSA) is 62.7 Å². The van der Waals surface area contributed by atoms with Gasteiger partial charge in [0.05, 0.1) is 18.9 Å². The molecule has 0 fully saturated rings. The zero-order chi connectivity index (χ0) is 13.3. The maximum Gasteiger partial charge on any atom is 0.339 e. The molecular weight excluding hydrogens is 232 g/mol. The highest BCUT2D eigenvalue weighted by atomic mass is 16.5. The van der Waals surface area contributed by atoms with E-state index in [1.54, 1.807) is 6.07 Å². The van der Waals surface area contributed by atoms with Gasteiger partial charge >= 0.3 is 5.97 Å². The summed E-state index contributed by atoms with van der Waals surface area (Å²) in [6.07, 6.45) is 0. The molecule has 0 amide bonds. The summed E-state index contributed by atoms with van der Waals surface area (Å²) >= 11 is 0. The monoisotopic (exact) mass is 250 g/mol. The van der Waals surface area contributed by atoms with Crippen molar-refractivity contribution in [3.05, 3.63) is 22.9 Å². The van der Waals surface area contributed by atoms with Gasteiger partial charge in [0.25, 0.3) is 0 Å². The van der Waals surface area contributed by atoms with Crippen LogP contribution in [-0.4, -0.2) is 28.6 Å². The minimum atomic E-state index is -0.939. The van der Waals surface area contributed by atoms with Crippen molar-refractivity contribution in [2.45, 2.75) is 40.0 Å². The average molecular weight is 250 g/mol. The summed E-state index contributed by atoms with van der Waals surface area (Å²) in [5.41, 5.74) is 2.00. The maximum atomic E-state index is 11.4. The fourth-order valence-electron chi connectivity index (χ4n) is 2.23. The number of carbonyl (C=O) groups is 1. The molecule has 0 unspecified atom stereocenters. The number of pyridine rings is 1. The Labute approximate surface area is 106 Å². The van der Waals surface area contributed by atoms with E-state index in [2.05, 4.69) is 4.98 Å². The van der Waals surface area contributed by atoms with Gasteiger partial charge in [-0.3, -0.25) is 0 Å². The molecule has 0 aliphatic carbocycles. The van der Waals surface area contributed by atoms with E-state index >= 15 is 0 Å². The molecule has 0 spiro atoms. The second kappa shape index (κ2) is 4.94. The molecule has 1 aromatic rings. The number of rotatable bonds is 4. The SMILES string of the molecule is CCN(c1nc2c(cc1C(=O)O)COC2)C(C)C. The highest BCUT2D eigenvalue weighted by Gasteiger charge is 2.24. The van der Waals surface area contributed by atoms with E-state index < -0.39 is 5.97 Å². The van der Waals surface area contributed by atoms with Gasteiger partial charge in [-0.15, -0.1) is 0 Å². The number of anilines is 1. The van der Waals surface area contributed by atoms with Crippen LogP contribution in [0.2, 0.25) is 0 Å². The third-order valence-corrected chi connectivity index (χ3v) is 3.13. The molecule has 0 saturated heterocycles. The van der Waals surface area contributed by atoms with Crippen LogP contribution in [0.1, 0.15) is 42.4 Å². The normalized spacial score (nSPS) is 13.8. The van der Waals surface area contributed by atoms with E-state index in [1.807, 2.05) is 25.7 Å². The molecule has 18 heavy (non-hydrogen) atoms. The van der Waals surface area contributed by atoms with E-state index in [0.717, 1.165) is 17.8 Å². The lowest BCUT2D eigenvalue weighted by Crippen LogP contribution is -2.33. The third-order valence-electron chi connectivity index (χ3n) is 3.13. The van der Waals surface area contributed by atoms with Crippen molar-refractivity contribution >= 4 is 11.8 Å². The Hall–Kier alpha value is -1.62. The molecule has 1 aliphatic heterocycles.